The fourth-order valence-electron chi connectivity index (χ4n) is 6.10. The van der Waals surface area contributed by atoms with E-state index in [0.29, 0.717) is 36.1 Å². The van der Waals surface area contributed by atoms with Gasteiger partial charge in [-0.3, -0.25) is 9.59 Å². The van der Waals surface area contributed by atoms with Gasteiger partial charge in [-0.2, -0.15) is 0 Å². The monoisotopic (exact) mass is 822 g/mol. The molecule has 0 radical (unpaired) electrons. The molecule has 290 valence electrons. The van der Waals surface area contributed by atoms with Crippen LogP contribution in [0.4, 0.5) is 0 Å². The van der Waals surface area contributed by atoms with Crippen LogP contribution < -0.4 is 0 Å². The number of benzene rings is 2. The van der Waals surface area contributed by atoms with E-state index in [9.17, 15) is 19.2 Å². The Kier molecular flexibility index (Phi) is 16.3. The van der Waals surface area contributed by atoms with Crippen molar-refractivity contribution < 1.29 is 45.1 Å². The number of carbonyl (C=O) groups excluding carboxylic acids is 4. The van der Waals surface area contributed by atoms with Crippen molar-refractivity contribution in [1.29, 1.82) is 0 Å². The number of hydrogen-bond donors (Lipinski definition) is 0. The molecule has 0 amide bonds. The molecule has 0 heterocycles. The SMILES string of the molecule is C[Si](C)(C)O[Si](C)(CCc1ccccc1C(=O)C(=O)OCCOC(=O)C(=O)c1ccccc1CC[Si](C)(O[Si](C)(C)C)O[Si](C)(C)C)O[Si](C)(C)C. The Labute approximate surface area is 318 Å². The number of carbonyl (C=O) groups is 4. The Morgan fingerprint density at radius 1 is 0.442 bits per heavy atom. The highest BCUT2D eigenvalue weighted by Crippen LogP contribution is 2.28. The quantitative estimate of drug-likeness (QED) is 0.0398. The predicted octanol–water partition coefficient (Wildman–Crippen LogP) is 8.47. The van der Waals surface area contributed by atoms with Crippen LogP contribution in [0.1, 0.15) is 31.8 Å². The van der Waals surface area contributed by atoms with E-state index in [1.807, 2.05) is 24.3 Å². The minimum atomic E-state index is -2.58. The summed E-state index contributed by atoms with van der Waals surface area (Å²) in [4.78, 5) is 52.1. The van der Waals surface area contributed by atoms with Crippen LogP contribution >= 0.6 is 0 Å². The molecule has 0 aliphatic rings. The molecule has 52 heavy (non-hydrogen) atoms. The zero-order chi connectivity index (χ0) is 39.8. The Morgan fingerprint density at radius 3 is 0.981 bits per heavy atom. The van der Waals surface area contributed by atoms with Gasteiger partial charge in [0.1, 0.15) is 13.2 Å². The van der Waals surface area contributed by atoms with Crippen LogP contribution in [0.25, 0.3) is 0 Å². The largest absolute Gasteiger partial charge is 0.456 e. The van der Waals surface area contributed by atoms with Crippen molar-refractivity contribution in [3.05, 3.63) is 70.8 Å². The zero-order valence-electron chi connectivity index (χ0n) is 33.9. The van der Waals surface area contributed by atoms with Crippen LogP contribution in [0.3, 0.4) is 0 Å². The van der Waals surface area contributed by atoms with Gasteiger partial charge in [0.2, 0.25) is 0 Å². The number of hydrogen-bond acceptors (Lipinski definition) is 10. The molecule has 0 saturated heterocycles. The molecule has 0 N–H and O–H groups in total. The van der Waals surface area contributed by atoms with Gasteiger partial charge in [-0.15, -0.1) is 0 Å². The number of esters is 2. The molecule has 0 aliphatic carbocycles. The van der Waals surface area contributed by atoms with Gasteiger partial charge in [0, 0.05) is 11.1 Å². The normalized spacial score (nSPS) is 13.1. The summed E-state index contributed by atoms with van der Waals surface area (Å²) in [7, 11) is -12.8. The van der Waals surface area contributed by atoms with Crippen molar-refractivity contribution in [2.45, 2.75) is 117 Å². The molecule has 10 nitrogen and oxygen atoms in total. The highest BCUT2D eigenvalue weighted by molar-refractivity contribution is 6.88. The van der Waals surface area contributed by atoms with Crippen molar-refractivity contribution in [1.82, 2.24) is 0 Å². The molecule has 0 fully saturated rings. The third kappa shape index (κ3) is 16.9. The lowest BCUT2D eigenvalue weighted by molar-refractivity contribution is -0.146. The molecule has 0 saturated carbocycles. The molecule has 0 atom stereocenters. The highest BCUT2D eigenvalue weighted by atomic mass is 28.5. The molecule has 2 rings (SSSR count). The second-order valence-corrected chi connectivity index (χ2v) is 43.1. The van der Waals surface area contributed by atoms with E-state index in [4.69, 9.17) is 25.9 Å². The number of rotatable bonds is 21. The molecule has 2 aromatic carbocycles. The van der Waals surface area contributed by atoms with Crippen molar-refractivity contribution in [3.63, 3.8) is 0 Å². The number of aryl methyl sites for hydroxylation is 2. The average Bonchev–Trinajstić information content (AvgIpc) is 2.96. The summed E-state index contributed by atoms with van der Waals surface area (Å²) < 4.78 is 36.8. The summed E-state index contributed by atoms with van der Waals surface area (Å²) >= 11 is 0. The molecule has 0 spiro atoms. The summed E-state index contributed by atoms with van der Waals surface area (Å²) in [6.45, 7) is 29.1. The summed E-state index contributed by atoms with van der Waals surface area (Å²) in [5.74, 6) is -3.71. The van der Waals surface area contributed by atoms with E-state index in [0.717, 1.165) is 0 Å². The molecule has 0 bridgehead atoms. The van der Waals surface area contributed by atoms with E-state index in [2.05, 4.69) is 91.7 Å². The first-order chi connectivity index (χ1) is 23.6. The molecule has 2 aromatic rings. The van der Waals surface area contributed by atoms with Gasteiger partial charge in [0.25, 0.3) is 11.6 Å². The standard InChI is InChI=1S/C36H62O10Si6/c1-47(2,3)43-51(13,44-48(4,5)6)27-23-29-19-15-17-21-31(29)33(37)35(39)41-25-26-42-36(40)34(38)32-22-18-16-20-30(32)24-28-52(14,45-49(7,8)9)46-50(10,11)12/h15-22H,23-28H2,1-14H3. The maximum absolute atomic E-state index is 13.2. The van der Waals surface area contributed by atoms with Crippen molar-refractivity contribution in [2.24, 2.45) is 0 Å². The topological polar surface area (TPSA) is 124 Å². The zero-order valence-corrected chi connectivity index (χ0v) is 39.9. The fraction of sp³-hybridized carbons (Fsp3) is 0.556. The molecule has 0 aliphatic heterocycles. The maximum Gasteiger partial charge on any atom is 0.379 e. The summed E-state index contributed by atoms with van der Waals surface area (Å²) in [6, 6.07) is 15.2. The lowest BCUT2D eigenvalue weighted by Crippen LogP contribution is -2.52. The third-order valence-corrected chi connectivity index (χ3v) is 26.3. The Hall–Kier alpha value is -2.14. The average molecular weight is 823 g/mol. The Bertz CT molecular complexity index is 1410. The molecule has 16 heteroatoms. The van der Waals surface area contributed by atoms with Crippen LogP contribution in [0.2, 0.25) is 104 Å². The fourth-order valence-corrected chi connectivity index (χ4v) is 31.0. The van der Waals surface area contributed by atoms with Gasteiger partial charge >= 0.3 is 29.1 Å². The lowest BCUT2D eigenvalue weighted by atomic mass is 10.0. The van der Waals surface area contributed by atoms with E-state index in [-0.39, 0.29) is 24.3 Å². The molecular formula is C36H62O10Si6. The van der Waals surface area contributed by atoms with Crippen LogP contribution in [-0.2, 0) is 48.4 Å². The first-order valence-electron chi connectivity index (χ1n) is 18.0. The molecule has 0 unspecified atom stereocenters. The Balaban J connectivity index is 2.03. The first-order valence-corrected chi connectivity index (χ1v) is 36.7. The van der Waals surface area contributed by atoms with E-state index < -0.39 is 73.9 Å². The first kappa shape index (κ1) is 46.0. The van der Waals surface area contributed by atoms with Crippen LogP contribution in [0.5, 0.6) is 0 Å². The number of ether oxygens (including phenoxy) is 2. The van der Waals surface area contributed by atoms with Gasteiger partial charge in [0.15, 0.2) is 33.3 Å². The summed E-state index contributed by atoms with van der Waals surface area (Å²) in [5, 5.41) is 0. The van der Waals surface area contributed by atoms with Crippen LogP contribution in [0, 0.1) is 0 Å². The maximum atomic E-state index is 13.2. The van der Waals surface area contributed by atoms with E-state index in [1.165, 1.54) is 0 Å². The predicted molar refractivity (Wildman–Crippen MR) is 221 cm³/mol. The minimum Gasteiger partial charge on any atom is -0.456 e. The highest BCUT2D eigenvalue weighted by Gasteiger charge is 2.41. The molecular weight excluding hydrogens is 761 g/mol. The summed E-state index contributed by atoms with van der Waals surface area (Å²) in [5.41, 5.74) is 1.91. The van der Waals surface area contributed by atoms with E-state index in [1.54, 1.807) is 24.3 Å². The Morgan fingerprint density at radius 2 is 0.712 bits per heavy atom. The van der Waals surface area contributed by atoms with Gasteiger partial charge < -0.3 is 25.9 Å². The molecule has 0 aromatic heterocycles. The third-order valence-electron chi connectivity index (χ3n) is 7.23. The smallest absolute Gasteiger partial charge is 0.379 e. The van der Waals surface area contributed by atoms with Crippen molar-refractivity contribution in [2.75, 3.05) is 13.2 Å². The van der Waals surface area contributed by atoms with Gasteiger partial charge in [-0.05, 0) is 128 Å². The van der Waals surface area contributed by atoms with Crippen molar-refractivity contribution >= 4 is 73.9 Å². The second-order valence-electron chi connectivity index (χ2n) is 17.4. The van der Waals surface area contributed by atoms with Crippen molar-refractivity contribution in [3.8, 4) is 0 Å². The van der Waals surface area contributed by atoms with Crippen LogP contribution in [-0.4, -0.2) is 87.1 Å². The lowest BCUT2D eigenvalue weighted by Gasteiger charge is -2.38. The minimum absolute atomic E-state index is 0.248. The van der Waals surface area contributed by atoms with Gasteiger partial charge in [-0.25, -0.2) is 9.59 Å². The van der Waals surface area contributed by atoms with Gasteiger partial charge in [0.05, 0.1) is 0 Å². The van der Waals surface area contributed by atoms with Gasteiger partial charge in [-0.1, -0.05) is 48.5 Å². The van der Waals surface area contributed by atoms with E-state index >= 15 is 0 Å². The van der Waals surface area contributed by atoms with Crippen LogP contribution in [0.15, 0.2) is 48.5 Å². The number of Topliss-reactive ketones (excluding diaryl/α,β-unsaturated/α-hetero) is 2. The number of ketones is 2. The summed E-state index contributed by atoms with van der Waals surface area (Å²) in [6.07, 6.45) is 1.01. The second kappa shape index (κ2) is 18.5.